The third kappa shape index (κ3) is 3.24. The second kappa shape index (κ2) is 7.19. The van der Waals surface area contributed by atoms with E-state index >= 15 is 0 Å². The Morgan fingerprint density at radius 3 is 2.45 bits per heavy atom. The van der Waals surface area contributed by atoms with Crippen molar-refractivity contribution < 1.29 is 22.1 Å². The predicted molar refractivity (Wildman–Crippen MR) is 107 cm³/mol. The summed E-state index contributed by atoms with van der Waals surface area (Å²) in [7, 11) is -3.74. The molecule has 1 aliphatic heterocycles. The minimum absolute atomic E-state index is 0.0908. The number of nitrogens with zero attached hydrogens (tertiary/aromatic N) is 3. The van der Waals surface area contributed by atoms with Crippen LogP contribution in [0.3, 0.4) is 0 Å². The lowest BCUT2D eigenvalue weighted by Crippen LogP contribution is -2.50. The number of fused-ring (bicyclic) bond motifs is 1. The molecule has 1 fully saturated rings. The van der Waals surface area contributed by atoms with Crippen LogP contribution in [0.15, 0.2) is 27.6 Å². The quantitative estimate of drug-likeness (QED) is 0.629. The van der Waals surface area contributed by atoms with Crippen LogP contribution in [0, 0.1) is 26.6 Å². The Hall–Kier alpha value is -2.30. The molecule has 7 nitrogen and oxygen atoms in total. The molecule has 0 radical (unpaired) electrons. The fraction of sp³-hybridized carbons (Fsp3) is 0.368. The van der Waals surface area contributed by atoms with Crippen molar-refractivity contribution in [3.05, 3.63) is 45.9 Å². The van der Waals surface area contributed by atoms with Crippen LogP contribution >= 0.6 is 11.3 Å². The van der Waals surface area contributed by atoms with E-state index in [4.69, 9.17) is 4.52 Å². The zero-order valence-corrected chi connectivity index (χ0v) is 17.9. The molecular weight excluding hydrogens is 417 g/mol. The highest BCUT2D eigenvalue weighted by atomic mass is 32.2. The lowest BCUT2D eigenvalue weighted by molar-refractivity contribution is 0.0702. The first-order chi connectivity index (χ1) is 13.7. The van der Waals surface area contributed by atoms with Gasteiger partial charge in [-0.15, -0.1) is 11.3 Å². The standard InChI is InChI=1S/C19H20FN3O4S2/c1-11-16-14(20)5-4-6-15(16)28-17(11)19(24)22-7-9-23(10-8-22)29(25,26)18-12(2)21-27-13(18)3/h4-6H,7-10H2,1-3H3. The van der Waals surface area contributed by atoms with Gasteiger partial charge in [-0.1, -0.05) is 11.2 Å². The number of aryl methyl sites for hydroxylation is 3. The molecule has 0 spiro atoms. The number of carbonyl (C=O) groups is 1. The summed E-state index contributed by atoms with van der Waals surface area (Å²) >= 11 is 1.26. The highest BCUT2D eigenvalue weighted by Crippen LogP contribution is 2.33. The van der Waals surface area contributed by atoms with E-state index in [0.29, 0.717) is 21.5 Å². The summed E-state index contributed by atoms with van der Waals surface area (Å²) in [6.45, 7) is 5.78. The monoisotopic (exact) mass is 437 g/mol. The predicted octanol–water partition coefficient (Wildman–Crippen LogP) is 3.10. The number of carbonyl (C=O) groups excluding carboxylic acids is 1. The van der Waals surface area contributed by atoms with Crippen LogP contribution in [0.4, 0.5) is 4.39 Å². The van der Waals surface area contributed by atoms with Crippen molar-refractivity contribution >= 4 is 37.4 Å². The van der Waals surface area contributed by atoms with E-state index in [2.05, 4.69) is 5.16 Å². The van der Waals surface area contributed by atoms with E-state index < -0.39 is 10.0 Å². The Bertz CT molecular complexity index is 1190. The number of piperazine rings is 1. The van der Waals surface area contributed by atoms with Crippen molar-refractivity contribution in [2.45, 2.75) is 25.7 Å². The van der Waals surface area contributed by atoms with Gasteiger partial charge < -0.3 is 9.42 Å². The summed E-state index contributed by atoms with van der Waals surface area (Å²) in [5, 5.41) is 4.20. The number of aromatic nitrogens is 1. The molecule has 3 heterocycles. The minimum Gasteiger partial charge on any atom is -0.360 e. The van der Waals surface area contributed by atoms with Crippen molar-refractivity contribution in [2.75, 3.05) is 26.2 Å². The molecule has 0 bridgehead atoms. The number of hydrogen-bond acceptors (Lipinski definition) is 6. The number of rotatable bonds is 3. The molecule has 0 atom stereocenters. The average Bonchev–Trinajstić information content (AvgIpc) is 3.21. The van der Waals surface area contributed by atoms with Gasteiger partial charge in [0.2, 0.25) is 10.0 Å². The fourth-order valence-corrected chi connectivity index (χ4v) is 6.61. The second-order valence-corrected chi connectivity index (χ2v) is 9.95. The van der Waals surface area contributed by atoms with Crippen LogP contribution in [-0.2, 0) is 10.0 Å². The smallest absolute Gasteiger partial charge is 0.264 e. The highest BCUT2D eigenvalue weighted by Gasteiger charge is 2.35. The van der Waals surface area contributed by atoms with Gasteiger partial charge in [0.25, 0.3) is 5.91 Å². The maximum absolute atomic E-state index is 14.1. The van der Waals surface area contributed by atoms with Crippen molar-refractivity contribution in [1.29, 1.82) is 0 Å². The molecule has 0 saturated carbocycles. The fourth-order valence-electron chi connectivity index (χ4n) is 3.70. The summed E-state index contributed by atoms with van der Waals surface area (Å²) in [5.74, 6) is -0.285. The number of benzene rings is 1. The Kier molecular flexibility index (Phi) is 4.96. The van der Waals surface area contributed by atoms with Crippen molar-refractivity contribution in [1.82, 2.24) is 14.4 Å². The molecule has 0 aliphatic carbocycles. The highest BCUT2D eigenvalue weighted by molar-refractivity contribution is 7.89. The van der Waals surface area contributed by atoms with Crippen molar-refractivity contribution in [3.8, 4) is 0 Å². The number of amides is 1. The Labute approximate surface area is 171 Å². The lowest BCUT2D eigenvalue weighted by atomic mass is 10.1. The zero-order valence-electron chi connectivity index (χ0n) is 16.2. The van der Waals surface area contributed by atoms with Crippen LogP contribution in [0.25, 0.3) is 10.1 Å². The third-order valence-electron chi connectivity index (χ3n) is 5.19. The van der Waals surface area contributed by atoms with E-state index in [1.807, 2.05) is 0 Å². The van der Waals surface area contributed by atoms with Crippen molar-refractivity contribution in [2.24, 2.45) is 0 Å². The van der Waals surface area contributed by atoms with E-state index in [9.17, 15) is 17.6 Å². The Morgan fingerprint density at radius 2 is 1.86 bits per heavy atom. The molecule has 1 amide bonds. The first-order valence-corrected chi connectivity index (χ1v) is 11.4. The number of halogens is 1. The van der Waals surface area contributed by atoms with Gasteiger partial charge in [-0.3, -0.25) is 4.79 Å². The van der Waals surface area contributed by atoms with Gasteiger partial charge in [-0.25, -0.2) is 12.8 Å². The summed E-state index contributed by atoms with van der Waals surface area (Å²) in [4.78, 5) is 15.2. The van der Waals surface area contributed by atoms with E-state index in [-0.39, 0.29) is 48.6 Å². The molecule has 10 heteroatoms. The van der Waals surface area contributed by atoms with Gasteiger partial charge in [0.15, 0.2) is 5.76 Å². The molecular formula is C19H20FN3O4S2. The van der Waals surface area contributed by atoms with Gasteiger partial charge in [-0.05, 0) is 38.5 Å². The molecule has 29 heavy (non-hydrogen) atoms. The largest absolute Gasteiger partial charge is 0.360 e. The van der Waals surface area contributed by atoms with Crippen LogP contribution in [0.1, 0.15) is 26.7 Å². The number of hydrogen-bond donors (Lipinski definition) is 0. The van der Waals surface area contributed by atoms with Gasteiger partial charge in [0, 0.05) is 36.3 Å². The van der Waals surface area contributed by atoms with Gasteiger partial charge in [-0.2, -0.15) is 4.31 Å². The molecule has 3 aromatic rings. The topological polar surface area (TPSA) is 83.7 Å². The summed E-state index contributed by atoms with van der Waals surface area (Å²) in [5.41, 5.74) is 0.947. The Balaban J connectivity index is 1.54. The maximum atomic E-state index is 14.1. The molecule has 1 saturated heterocycles. The zero-order chi connectivity index (χ0) is 20.9. The average molecular weight is 438 g/mol. The minimum atomic E-state index is -3.74. The molecule has 4 rings (SSSR count). The van der Waals surface area contributed by atoms with E-state index in [1.54, 1.807) is 37.8 Å². The van der Waals surface area contributed by atoms with Crippen LogP contribution in [0.2, 0.25) is 0 Å². The van der Waals surface area contributed by atoms with Gasteiger partial charge in [0.1, 0.15) is 16.4 Å². The van der Waals surface area contributed by atoms with Crippen LogP contribution in [-0.4, -0.2) is 54.9 Å². The first kappa shape index (κ1) is 20.0. The molecule has 1 aromatic carbocycles. The van der Waals surface area contributed by atoms with Gasteiger partial charge >= 0.3 is 0 Å². The van der Waals surface area contributed by atoms with E-state index in [0.717, 1.165) is 4.70 Å². The molecule has 154 valence electrons. The first-order valence-electron chi connectivity index (χ1n) is 9.11. The summed E-state index contributed by atoms with van der Waals surface area (Å²) in [6.07, 6.45) is 0. The van der Waals surface area contributed by atoms with E-state index in [1.165, 1.54) is 21.7 Å². The molecule has 0 N–H and O–H groups in total. The maximum Gasteiger partial charge on any atom is 0.264 e. The molecule has 0 unspecified atom stereocenters. The Morgan fingerprint density at radius 1 is 1.17 bits per heavy atom. The summed E-state index contributed by atoms with van der Waals surface area (Å²) in [6, 6.07) is 4.80. The van der Waals surface area contributed by atoms with Crippen LogP contribution in [0.5, 0.6) is 0 Å². The number of sulfonamides is 1. The SMILES string of the molecule is Cc1noc(C)c1S(=O)(=O)N1CCN(C(=O)c2sc3cccc(F)c3c2C)CC1. The van der Waals surface area contributed by atoms with Gasteiger partial charge in [0.05, 0.1) is 4.88 Å². The third-order valence-corrected chi connectivity index (χ3v) is 8.58. The molecule has 1 aliphatic rings. The normalized spacial score (nSPS) is 15.9. The van der Waals surface area contributed by atoms with Crippen molar-refractivity contribution in [3.63, 3.8) is 0 Å². The number of thiophene rings is 1. The second-order valence-electron chi connectivity index (χ2n) is 7.02. The summed E-state index contributed by atoms with van der Waals surface area (Å²) < 4.78 is 47.1. The van der Waals surface area contributed by atoms with Crippen LogP contribution < -0.4 is 0 Å². The lowest BCUT2D eigenvalue weighted by Gasteiger charge is -2.33. The molecule has 2 aromatic heterocycles.